The lowest BCUT2D eigenvalue weighted by Crippen LogP contribution is -2.21. The average molecular weight is 213 g/mol. The van der Waals surface area contributed by atoms with Crippen molar-refractivity contribution in [3.8, 4) is 0 Å². The molecule has 3 heteroatoms. The van der Waals surface area contributed by atoms with E-state index in [1.807, 2.05) is 12.1 Å². The Labute approximate surface area is 93.2 Å². The molecule has 0 spiro atoms. The highest BCUT2D eigenvalue weighted by molar-refractivity contribution is 6.33. The van der Waals surface area contributed by atoms with Crippen molar-refractivity contribution in [2.75, 3.05) is 0 Å². The Morgan fingerprint density at radius 1 is 1.06 bits per heavy atom. The SMILES string of the molecule is O=C1C=C(c2ccc3c(c2)CCC3)C(=O)N1. The van der Waals surface area contributed by atoms with Crippen LogP contribution < -0.4 is 5.32 Å². The van der Waals surface area contributed by atoms with Crippen LogP contribution in [0.3, 0.4) is 0 Å². The number of hydrogen-bond donors (Lipinski definition) is 1. The van der Waals surface area contributed by atoms with Crippen molar-refractivity contribution in [1.29, 1.82) is 0 Å². The van der Waals surface area contributed by atoms with Crippen molar-refractivity contribution in [1.82, 2.24) is 5.32 Å². The minimum absolute atomic E-state index is 0.289. The number of carbonyl (C=O) groups is 2. The fraction of sp³-hybridized carbons (Fsp3) is 0.231. The molecule has 1 aromatic carbocycles. The maximum atomic E-state index is 11.5. The van der Waals surface area contributed by atoms with Crippen LogP contribution in [0.25, 0.3) is 5.57 Å². The van der Waals surface area contributed by atoms with Gasteiger partial charge in [-0.1, -0.05) is 18.2 Å². The van der Waals surface area contributed by atoms with Crippen LogP contribution in [0.5, 0.6) is 0 Å². The van der Waals surface area contributed by atoms with Gasteiger partial charge in [0.2, 0.25) is 0 Å². The first-order valence-corrected chi connectivity index (χ1v) is 5.43. The molecule has 0 bridgehead atoms. The molecule has 1 aliphatic heterocycles. The topological polar surface area (TPSA) is 46.2 Å². The van der Waals surface area contributed by atoms with E-state index in [0.29, 0.717) is 5.57 Å². The molecule has 0 atom stereocenters. The van der Waals surface area contributed by atoms with E-state index in [0.717, 1.165) is 18.4 Å². The van der Waals surface area contributed by atoms with Gasteiger partial charge in [0.05, 0.1) is 5.57 Å². The Morgan fingerprint density at radius 3 is 2.62 bits per heavy atom. The molecule has 1 N–H and O–H groups in total. The van der Waals surface area contributed by atoms with E-state index in [1.165, 1.54) is 23.6 Å². The predicted molar refractivity (Wildman–Crippen MR) is 59.6 cm³/mol. The molecule has 1 heterocycles. The second-order valence-electron chi connectivity index (χ2n) is 4.21. The minimum Gasteiger partial charge on any atom is -0.289 e. The van der Waals surface area contributed by atoms with Gasteiger partial charge in [0.25, 0.3) is 11.8 Å². The zero-order valence-electron chi connectivity index (χ0n) is 8.75. The smallest absolute Gasteiger partial charge is 0.258 e. The van der Waals surface area contributed by atoms with Crippen molar-refractivity contribution in [3.05, 3.63) is 41.0 Å². The summed E-state index contributed by atoms with van der Waals surface area (Å²) in [5, 5.41) is 2.26. The standard InChI is InChI=1S/C13H11NO2/c15-12-7-11(13(16)14-12)10-5-4-8-2-1-3-9(8)6-10/h4-7H,1-3H2,(H,14,15,16). The molecule has 0 saturated carbocycles. The van der Waals surface area contributed by atoms with Crippen LogP contribution in [-0.2, 0) is 22.4 Å². The Kier molecular flexibility index (Phi) is 1.93. The maximum absolute atomic E-state index is 11.5. The maximum Gasteiger partial charge on any atom is 0.258 e. The van der Waals surface area contributed by atoms with E-state index in [2.05, 4.69) is 11.4 Å². The lowest BCUT2D eigenvalue weighted by atomic mass is 10.0. The number of benzene rings is 1. The summed E-state index contributed by atoms with van der Waals surface area (Å²) in [5.74, 6) is -0.608. The molecule has 1 aromatic rings. The van der Waals surface area contributed by atoms with Gasteiger partial charge in [-0.15, -0.1) is 0 Å². The molecule has 2 aliphatic rings. The van der Waals surface area contributed by atoms with Crippen molar-refractivity contribution in [3.63, 3.8) is 0 Å². The van der Waals surface area contributed by atoms with E-state index >= 15 is 0 Å². The number of hydrogen-bond acceptors (Lipinski definition) is 2. The summed E-state index contributed by atoms with van der Waals surface area (Å²) in [7, 11) is 0. The van der Waals surface area contributed by atoms with Crippen LogP contribution in [-0.4, -0.2) is 11.8 Å². The molecule has 80 valence electrons. The number of rotatable bonds is 1. The number of fused-ring (bicyclic) bond motifs is 1. The van der Waals surface area contributed by atoms with Gasteiger partial charge in [-0.05, 0) is 36.0 Å². The van der Waals surface area contributed by atoms with E-state index in [9.17, 15) is 9.59 Å². The summed E-state index contributed by atoms with van der Waals surface area (Å²) in [4.78, 5) is 22.5. The first kappa shape index (κ1) is 9.33. The number of aryl methyl sites for hydroxylation is 2. The third kappa shape index (κ3) is 1.36. The van der Waals surface area contributed by atoms with Crippen LogP contribution in [0, 0.1) is 0 Å². The number of amides is 2. The van der Waals surface area contributed by atoms with Crippen LogP contribution >= 0.6 is 0 Å². The highest BCUT2D eigenvalue weighted by atomic mass is 16.2. The van der Waals surface area contributed by atoms with Gasteiger partial charge < -0.3 is 0 Å². The molecule has 3 nitrogen and oxygen atoms in total. The second kappa shape index (κ2) is 3.30. The van der Waals surface area contributed by atoms with Crippen LogP contribution in [0.15, 0.2) is 24.3 Å². The summed E-state index contributed by atoms with van der Waals surface area (Å²) in [6.07, 6.45) is 4.76. The zero-order chi connectivity index (χ0) is 11.1. The van der Waals surface area contributed by atoms with Gasteiger partial charge in [-0.2, -0.15) is 0 Å². The normalized spacial score (nSPS) is 18.4. The van der Waals surface area contributed by atoms with Gasteiger partial charge in [0.1, 0.15) is 0 Å². The van der Waals surface area contributed by atoms with E-state index in [4.69, 9.17) is 0 Å². The monoisotopic (exact) mass is 213 g/mol. The average Bonchev–Trinajstić information content (AvgIpc) is 2.83. The quantitative estimate of drug-likeness (QED) is 0.713. The van der Waals surface area contributed by atoms with Crippen LogP contribution in [0.2, 0.25) is 0 Å². The summed E-state index contributed by atoms with van der Waals surface area (Å²) in [6, 6.07) is 6.02. The minimum atomic E-state index is -0.319. The largest absolute Gasteiger partial charge is 0.289 e. The Hall–Kier alpha value is -1.90. The van der Waals surface area contributed by atoms with Crippen LogP contribution in [0.4, 0.5) is 0 Å². The van der Waals surface area contributed by atoms with Crippen molar-refractivity contribution >= 4 is 17.4 Å². The summed E-state index contributed by atoms with van der Waals surface area (Å²) in [6.45, 7) is 0. The zero-order valence-corrected chi connectivity index (χ0v) is 8.75. The molecular weight excluding hydrogens is 202 g/mol. The van der Waals surface area contributed by atoms with Gasteiger partial charge in [-0.3, -0.25) is 14.9 Å². The van der Waals surface area contributed by atoms with Gasteiger partial charge in [0.15, 0.2) is 0 Å². The van der Waals surface area contributed by atoms with Crippen LogP contribution in [0.1, 0.15) is 23.1 Å². The lowest BCUT2D eigenvalue weighted by Gasteiger charge is -2.04. The summed E-state index contributed by atoms with van der Waals surface area (Å²) in [5.41, 5.74) is 4.02. The second-order valence-corrected chi connectivity index (χ2v) is 4.21. The highest BCUT2D eigenvalue weighted by Crippen LogP contribution is 2.26. The molecule has 0 radical (unpaired) electrons. The van der Waals surface area contributed by atoms with E-state index in [1.54, 1.807) is 0 Å². The Morgan fingerprint density at radius 2 is 1.88 bits per heavy atom. The number of nitrogens with one attached hydrogen (secondary N) is 1. The summed E-state index contributed by atoms with van der Waals surface area (Å²) >= 11 is 0. The molecule has 1 aliphatic carbocycles. The molecule has 0 unspecified atom stereocenters. The molecule has 0 saturated heterocycles. The molecule has 2 amide bonds. The molecule has 0 fully saturated rings. The third-order valence-corrected chi connectivity index (χ3v) is 3.17. The fourth-order valence-electron chi connectivity index (χ4n) is 2.37. The molecule has 0 aromatic heterocycles. The lowest BCUT2D eigenvalue weighted by molar-refractivity contribution is -0.123. The molecular formula is C13H11NO2. The molecule has 3 rings (SSSR count). The van der Waals surface area contributed by atoms with Crippen molar-refractivity contribution in [2.45, 2.75) is 19.3 Å². The van der Waals surface area contributed by atoms with Crippen molar-refractivity contribution < 1.29 is 9.59 Å². The van der Waals surface area contributed by atoms with Gasteiger partial charge >= 0.3 is 0 Å². The van der Waals surface area contributed by atoms with Gasteiger partial charge in [0, 0.05) is 6.08 Å². The first-order valence-electron chi connectivity index (χ1n) is 5.43. The first-order chi connectivity index (χ1) is 7.74. The Bertz CT molecular complexity index is 529. The summed E-state index contributed by atoms with van der Waals surface area (Å²) < 4.78 is 0. The highest BCUT2D eigenvalue weighted by Gasteiger charge is 2.23. The molecule has 16 heavy (non-hydrogen) atoms. The number of carbonyl (C=O) groups excluding carboxylic acids is 2. The van der Waals surface area contributed by atoms with Gasteiger partial charge in [-0.25, -0.2) is 0 Å². The van der Waals surface area contributed by atoms with Crippen molar-refractivity contribution in [2.24, 2.45) is 0 Å². The number of imide groups is 1. The predicted octanol–water partition coefficient (Wildman–Crippen LogP) is 1.22. The van der Waals surface area contributed by atoms with E-state index in [-0.39, 0.29) is 11.8 Å². The van der Waals surface area contributed by atoms with E-state index < -0.39 is 0 Å². The fourth-order valence-corrected chi connectivity index (χ4v) is 2.37. The Balaban J connectivity index is 2.05. The third-order valence-electron chi connectivity index (χ3n) is 3.17.